The van der Waals surface area contributed by atoms with Gasteiger partial charge in [-0.25, -0.2) is 4.79 Å². The maximum Gasteiger partial charge on any atom is 0.328 e. The summed E-state index contributed by atoms with van der Waals surface area (Å²) in [6, 6.07) is 14.3. The third-order valence-electron chi connectivity index (χ3n) is 3.17. The van der Waals surface area contributed by atoms with Crippen LogP contribution in [-0.4, -0.2) is 20.7 Å². The number of hydrogen-bond donors (Lipinski definition) is 2. The Hall–Kier alpha value is -1.92. The first kappa shape index (κ1) is 13.1. The lowest BCUT2D eigenvalue weighted by Gasteiger charge is -2.25. The van der Waals surface area contributed by atoms with Crippen LogP contribution in [0.25, 0.3) is 10.2 Å². The van der Waals surface area contributed by atoms with Gasteiger partial charge in [-0.1, -0.05) is 47.0 Å². The fourth-order valence-corrected chi connectivity index (χ4v) is 3.09. The van der Waals surface area contributed by atoms with E-state index in [-0.39, 0.29) is 0 Å². The van der Waals surface area contributed by atoms with Gasteiger partial charge < -0.3 is 5.11 Å². The van der Waals surface area contributed by atoms with Crippen LogP contribution >= 0.6 is 24.2 Å². The van der Waals surface area contributed by atoms with E-state index in [1.54, 1.807) is 36.4 Å². The Kier molecular flexibility index (Phi) is 3.19. The minimum atomic E-state index is -1.45. The van der Waals surface area contributed by atoms with Gasteiger partial charge in [-0.2, -0.15) is 12.6 Å². The number of fused-ring (bicyclic) bond motifs is 1. The van der Waals surface area contributed by atoms with Crippen LogP contribution in [0.4, 0.5) is 0 Å². The van der Waals surface area contributed by atoms with Crippen LogP contribution in [0.5, 0.6) is 0 Å². The molecule has 0 bridgehead atoms. The van der Waals surface area contributed by atoms with Crippen molar-refractivity contribution >= 4 is 40.3 Å². The first-order chi connectivity index (χ1) is 9.64. The fraction of sp³-hybridized carbons (Fsp3) is 0.0714. The third-order valence-corrected chi connectivity index (χ3v) is 4.55. The molecule has 4 nitrogen and oxygen atoms in total. The van der Waals surface area contributed by atoms with Crippen molar-refractivity contribution in [2.75, 3.05) is 0 Å². The fourth-order valence-electron chi connectivity index (χ4n) is 2.17. The van der Waals surface area contributed by atoms with Crippen molar-refractivity contribution in [3.05, 3.63) is 59.7 Å². The van der Waals surface area contributed by atoms with E-state index in [0.717, 1.165) is 4.70 Å². The Balaban J connectivity index is 2.32. The van der Waals surface area contributed by atoms with E-state index >= 15 is 0 Å². The number of hydrogen-bond acceptors (Lipinski definition) is 5. The summed E-state index contributed by atoms with van der Waals surface area (Å²) in [6.45, 7) is 0. The third kappa shape index (κ3) is 1.88. The predicted octanol–water partition coefficient (Wildman–Crippen LogP) is 2.95. The van der Waals surface area contributed by atoms with Crippen molar-refractivity contribution in [3.63, 3.8) is 0 Å². The molecule has 6 heteroatoms. The largest absolute Gasteiger partial charge is 0.480 e. The van der Waals surface area contributed by atoms with E-state index in [2.05, 4.69) is 22.2 Å². The second-order valence-electron chi connectivity index (χ2n) is 4.31. The lowest BCUT2D eigenvalue weighted by molar-refractivity contribution is -0.138. The molecule has 0 saturated heterocycles. The Labute approximate surface area is 124 Å². The lowest BCUT2D eigenvalue weighted by atomic mass is 9.89. The zero-order valence-electron chi connectivity index (χ0n) is 10.2. The normalized spacial score (nSPS) is 14.1. The Bertz CT molecular complexity index is 773. The van der Waals surface area contributed by atoms with Crippen LogP contribution in [0.2, 0.25) is 0 Å². The summed E-state index contributed by atoms with van der Waals surface area (Å²) in [5.41, 5.74) is 1.71. The molecular formula is C14H10N2O2S2. The van der Waals surface area contributed by atoms with E-state index in [0.29, 0.717) is 16.6 Å². The zero-order valence-corrected chi connectivity index (χ0v) is 11.9. The molecule has 3 rings (SSSR count). The van der Waals surface area contributed by atoms with E-state index in [1.807, 2.05) is 12.1 Å². The summed E-state index contributed by atoms with van der Waals surface area (Å²) in [5.74, 6) is -1.03. The van der Waals surface area contributed by atoms with Gasteiger partial charge in [-0.05, 0) is 23.2 Å². The molecule has 1 atom stereocenters. The monoisotopic (exact) mass is 302 g/mol. The van der Waals surface area contributed by atoms with Gasteiger partial charge in [0.25, 0.3) is 0 Å². The molecule has 1 N–H and O–H groups in total. The van der Waals surface area contributed by atoms with Crippen molar-refractivity contribution < 1.29 is 9.90 Å². The Morgan fingerprint density at radius 1 is 1.15 bits per heavy atom. The van der Waals surface area contributed by atoms with Gasteiger partial charge in [0.1, 0.15) is 5.52 Å². The van der Waals surface area contributed by atoms with E-state index in [4.69, 9.17) is 0 Å². The quantitative estimate of drug-likeness (QED) is 0.730. The highest BCUT2D eigenvalue weighted by Crippen LogP contribution is 2.40. The number of carboxylic acid groups (broad SMARTS) is 1. The van der Waals surface area contributed by atoms with Gasteiger partial charge >= 0.3 is 5.97 Å². The molecule has 1 unspecified atom stereocenters. The zero-order chi connectivity index (χ0) is 14.2. The topological polar surface area (TPSA) is 63.1 Å². The van der Waals surface area contributed by atoms with Crippen LogP contribution in [0, 0.1) is 0 Å². The maximum absolute atomic E-state index is 11.9. The molecule has 1 heterocycles. The van der Waals surface area contributed by atoms with Gasteiger partial charge in [0.2, 0.25) is 0 Å². The molecule has 0 radical (unpaired) electrons. The SMILES string of the molecule is O=C(O)C(S)(c1ccccc1)c1cccc2snnc12. The summed E-state index contributed by atoms with van der Waals surface area (Å²) < 4.78 is 3.29. The molecule has 100 valence electrons. The summed E-state index contributed by atoms with van der Waals surface area (Å²) in [7, 11) is 0. The minimum absolute atomic E-state index is 0.533. The molecule has 20 heavy (non-hydrogen) atoms. The molecule has 0 saturated carbocycles. The van der Waals surface area contributed by atoms with Crippen LogP contribution in [0.1, 0.15) is 11.1 Å². The highest BCUT2D eigenvalue weighted by atomic mass is 32.1. The van der Waals surface area contributed by atoms with Crippen LogP contribution < -0.4 is 0 Å². The molecule has 0 aliphatic heterocycles. The molecule has 0 amide bonds. The highest BCUT2D eigenvalue weighted by Gasteiger charge is 2.40. The first-order valence-corrected chi connectivity index (χ1v) is 7.09. The number of aromatic nitrogens is 2. The second-order valence-corrected chi connectivity index (χ2v) is 5.76. The number of benzene rings is 2. The molecule has 2 aromatic carbocycles. The second kappa shape index (κ2) is 4.88. The van der Waals surface area contributed by atoms with Crippen LogP contribution in [-0.2, 0) is 9.54 Å². The van der Waals surface area contributed by atoms with Crippen LogP contribution in [0.15, 0.2) is 48.5 Å². The standard InChI is InChI=1S/C14H10N2O2S2/c17-13(18)14(19,9-5-2-1-3-6-9)10-7-4-8-11-12(10)15-16-20-11/h1-8,19H,(H,17,18). The first-order valence-electron chi connectivity index (χ1n) is 5.87. The molecular weight excluding hydrogens is 292 g/mol. The van der Waals surface area contributed by atoms with Gasteiger partial charge in [-0.15, -0.1) is 5.10 Å². The highest BCUT2D eigenvalue weighted by molar-refractivity contribution is 7.82. The maximum atomic E-state index is 11.9. The predicted molar refractivity (Wildman–Crippen MR) is 81.3 cm³/mol. The summed E-state index contributed by atoms with van der Waals surface area (Å²) in [5, 5.41) is 13.8. The number of thiol groups is 1. The molecule has 0 aliphatic rings. The minimum Gasteiger partial charge on any atom is -0.480 e. The number of rotatable bonds is 3. The van der Waals surface area contributed by atoms with Crippen LogP contribution in [0.3, 0.4) is 0 Å². The number of nitrogens with zero attached hydrogens (tertiary/aromatic N) is 2. The Morgan fingerprint density at radius 3 is 2.60 bits per heavy atom. The van der Waals surface area contributed by atoms with Crippen molar-refractivity contribution in [2.45, 2.75) is 4.75 Å². The molecule has 1 aromatic heterocycles. The summed E-state index contributed by atoms with van der Waals surface area (Å²) in [4.78, 5) is 11.9. The van der Waals surface area contributed by atoms with E-state index in [1.165, 1.54) is 11.5 Å². The van der Waals surface area contributed by atoms with Crippen molar-refractivity contribution in [1.82, 2.24) is 9.59 Å². The van der Waals surface area contributed by atoms with Gasteiger partial charge in [-0.3, -0.25) is 0 Å². The summed E-state index contributed by atoms with van der Waals surface area (Å²) in [6.07, 6.45) is 0. The molecule has 0 spiro atoms. The van der Waals surface area contributed by atoms with Crippen molar-refractivity contribution in [2.24, 2.45) is 0 Å². The van der Waals surface area contributed by atoms with Crippen molar-refractivity contribution in [1.29, 1.82) is 0 Å². The number of carbonyl (C=O) groups is 1. The molecule has 0 aliphatic carbocycles. The van der Waals surface area contributed by atoms with Gasteiger partial charge in [0.05, 0.1) is 4.70 Å². The average Bonchev–Trinajstić information content (AvgIpc) is 2.95. The average molecular weight is 302 g/mol. The van der Waals surface area contributed by atoms with Gasteiger partial charge in [0, 0.05) is 5.56 Å². The van der Waals surface area contributed by atoms with E-state index in [9.17, 15) is 9.90 Å². The lowest BCUT2D eigenvalue weighted by Crippen LogP contribution is -2.31. The Morgan fingerprint density at radius 2 is 1.90 bits per heavy atom. The summed E-state index contributed by atoms with van der Waals surface area (Å²) >= 11 is 5.72. The number of aliphatic carboxylic acids is 1. The molecule has 3 aromatic rings. The molecule has 0 fully saturated rings. The smallest absolute Gasteiger partial charge is 0.328 e. The number of carboxylic acids is 1. The van der Waals surface area contributed by atoms with Gasteiger partial charge in [0.15, 0.2) is 4.75 Å². The van der Waals surface area contributed by atoms with Crippen molar-refractivity contribution in [3.8, 4) is 0 Å². The van der Waals surface area contributed by atoms with E-state index < -0.39 is 10.7 Å².